The van der Waals surface area contributed by atoms with Gasteiger partial charge in [0.1, 0.15) is 0 Å². The molecule has 0 saturated carbocycles. The number of hydrogen-bond acceptors (Lipinski definition) is 1. The van der Waals surface area contributed by atoms with Gasteiger partial charge in [0.15, 0.2) is 0 Å². The number of urea groups is 1. The number of nitrogens with zero attached hydrogens (tertiary/aromatic N) is 1. The fraction of sp³-hybridized carbons (Fsp3) is 0.0714. The van der Waals surface area contributed by atoms with Crippen LogP contribution >= 0.6 is 0 Å². The summed E-state index contributed by atoms with van der Waals surface area (Å²) in [4.78, 5) is 12.9. The first kappa shape index (κ1) is 14.3. The second-order valence-corrected chi connectivity index (χ2v) is 3.57. The molecule has 0 spiro atoms. The molecule has 0 atom stereocenters. The maximum atomic E-state index is 11.3. The Morgan fingerprint density at radius 3 is 2.33 bits per heavy atom. The molecule has 2 aromatic rings. The van der Waals surface area contributed by atoms with Gasteiger partial charge < -0.3 is 15.0 Å². The van der Waals surface area contributed by atoms with Crippen molar-refractivity contribution in [2.45, 2.75) is 0 Å². The first-order chi connectivity index (χ1) is 8.38. The average molecular weight is 282 g/mol. The molecule has 3 nitrogen and oxygen atoms in total. The quantitative estimate of drug-likeness (QED) is 0.633. The third kappa shape index (κ3) is 3.91. The molecule has 1 N–H and O–H groups in total. The minimum absolute atomic E-state index is 0. The summed E-state index contributed by atoms with van der Waals surface area (Å²) in [5.41, 5.74) is 0.942. The summed E-state index contributed by atoms with van der Waals surface area (Å²) in [6.45, 7) is 0.649. The summed E-state index contributed by atoms with van der Waals surface area (Å²) >= 11 is 0. The van der Waals surface area contributed by atoms with Crippen molar-refractivity contribution in [3.63, 3.8) is 0 Å². The number of nitrogens with one attached hydrogen (secondary N) is 1. The normalized spacial score (nSPS) is 13.1. The topological polar surface area (TPSA) is 32.3 Å². The van der Waals surface area contributed by atoms with Crippen LogP contribution in [0.1, 0.15) is 0 Å². The summed E-state index contributed by atoms with van der Waals surface area (Å²) in [6.07, 6.45) is 3.58. The van der Waals surface area contributed by atoms with Gasteiger partial charge in [-0.3, -0.25) is 0 Å². The molecule has 1 aliphatic heterocycles. The Bertz CT molecular complexity index is 443. The summed E-state index contributed by atoms with van der Waals surface area (Å²) < 4.78 is 0. The molecule has 2 amide bonds. The largest absolute Gasteiger partial charge is 2.00 e. The number of amides is 2. The molecular weight excluding hydrogens is 268 g/mol. The second-order valence-electron chi connectivity index (χ2n) is 3.57. The van der Waals surface area contributed by atoms with Gasteiger partial charge in [-0.25, -0.2) is 12.1 Å². The first-order valence-electron chi connectivity index (χ1n) is 5.49. The van der Waals surface area contributed by atoms with Crippen LogP contribution < -0.4 is 10.2 Å². The van der Waals surface area contributed by atoms with Crippen LogP contribution in [0.4, 0.5) is 10.5 Å². The molecule has 1 heterocycles. The van der Waals surface area contributed by atoms with Crippen LogP contribution in [-0.4, -0.2) is 12.6 Å². The maximum Gasteiger partial charge on any atom is 2.00 e. The maximum absolute atomic E-state index is 11.3. The van der Waals surface area contributed by atoms with E-state index in [2.05, 4.69) is 5.32 Å². The van der Waals surface area contributed by atoms with Gasteiger partial charge in [-0.05, 0) is 11.9 Å². The number of hydrogen-bond donors (Lipinski definition) is 1. The zero-order valence-electron chi connectivity index (χ0n) is 9.77. The number of carbonyl (C=O) groups is 1. The van der Waals surface area contributed by atoms with Gasteiger partial charge in [-0.15, -0.1) is 12.1 Å². The van der Waals surface area contributed by atoms with Gasteiger partial charge in [0.25, 0.3) is 0 Å². The van der Waals surface area contributed by atoms with E-state index in [-0.39, 0.29) is 23.1 Å². The van der Waals surface area contributed by atoms with Crippen LogP contribution in [-0.2, 0) is 17.1 Å². The molecule has 18 heavy (non-hydrogen) atoms. The predicted molar refractivity (Wildman–Crippen MR) is 69.1 cm³/mol. The fourth-order valence-corrected chi connectivity index (χ4v) is 1.54. The molecule has 4 heteroatoms. The molecule has 1 aliphatic rings. The minimum atomic E-state index is -0.0660. The van der Waals surface area contributed by atoms with Crippen LogP contribution in [0, 0.1) is 0 Å². The van der Waals surface area contributed by atoms with Gasteiger partial charge in [0, 0.05) is 6.54 Å². The van der Waals surface area contributed by atoms with Crippen LogP contribution in [0.5, 0.6) is 0 Å². The zero-order valence-corrected chi connectivity index (χ0v) is 10.9. The van der Waals surface area contributed by atoms with Gasteiger partial charge in [-0.1, -0.05) is 6.08 Å². The van der Waals surface area contributed by atoms with E-state index in [1.807, 2.05) is 60.7 Å². The zero-order chi connectivity index (χ0) is 11.9. The Hall–Kier alpha value is -1.77. The second kappa shape index (κ2) is 7.54. The Morgan fingerprint density at radius 1 is 1.17 bits per heavy atom. The fourth-order valence-electron chi connectivity index (χ4n) is 1.54. The Kier molecular flexibility index (Phi) is 5.98. The van der Waals surface area contributed by atoms with Crippen LogP contribution in [0.25, 0.3) is 0 Å². The molecule has 0 aliphatic carbocycles. The van der Waals surface area contributed by atoms with E-state index in [1.165, 1.54) is 0 Å². The average Bonchev–Trinajstić information content (AvgIpc) is 3.06. The Labute approximate surface area is 117 Å². The van der Waals surface area contributed by atoms with Crippen molar-refractivity contribution < 1.29 is 21.9 Å². The van der Waals surface area contributed by atoms with Crippen molar-refractivity contribution in [3.8, 4) is 0 Å². The molecule has 94 valence electrons. The minimum Gasteiger partial charge on any atom is -0.371 e. The van der Waals surface area contributed by atoms with Crippen LogP contribution in [0.15, 0.2) is 66.9 Å². The third-order valence-corrected chi connectivity index (χ3v) is 2.37. The van der Waals surface area contributed by atoms with Gasteiger partial charge in [0.2, 0.25) is 6.03 Å². The van der Waals surface area contributed by atoms with E-state index < -0.39 is 0 Å². The monoisotopic (exact) mass is 282 g/mol. The summed E-state index contributed by atoms with van der Waals surface area (Å²) in [5, 5.41) is 2.63. The molecule has 0 unspecified atom stereocenters. The molecule has 0 fully saturated rings. The number of carbonyl (C=O) groups excluding carboxylic acids is 1. The molecule has 0 aromatic heterocycles. The smallest absolute Gasteiger partial charge is 0.371 e. The summed E-state index contributed by atoms with van der Waals surface area (Å²) in [7, 11) is 0. The molecule has 0 bridgehead atoms. The summed E-state index contributed by atoms with van der Waals surface area (Å²) in [6, 6.07) is 17.6. The molecule has 0 radical (unpaired) electrons. The SMILES string of the molecule is O=C1NC=CCN1[c-]1cccc1.[Fe+2].c1cc[cH-]c1. The van der Waals surface area contributed by atoms with Crippen LogP contribution in [0.3, 0.4) is 0 Å². The first-order valence-corrected chi connectivity index (χ1v) is 5.49. The van der Waals surface area contributed by atoms with E-state index in [4.69, 9.17) is 0 Å². The van der Waals surface area contributed by atoms with E-state index in [0.717, 1.165) is 5.69 Å². The van der Waals surface area contributed by atoms with E-state index >= 15 is 0 Å². The standard InChI is InChI=1S/C9H9N2O.C5H5.Fe/c12-9-10-6-3-7-11(9)8-4-1-2-5-8;1-2-4-5-3-1;/h1-6H,7H2,(H,10,12);1-5H;/q2*-1;+2. The molecule has 3 rings (SSSR count). The summed E-state index contributed by atoms with van der Waals surface area (Å²) in [5.74, 6) is 0. The van der Waals surface area contributed by atoms with Crippen molar-refractivity contribution in [3.05, 3.63) is 66.9 Å². The van der Waals surface area contributed by atoms with Crippen molar-refractivity contribution in [1.29, 1.82) is 0 Å². The van der Waals surface area contributed by atoms with E-state index in [1.54, 1.807) is 11.1 Å². The van der Waals surface area contributed by atoms with Crippen molar-refractivity contribution in [1.82, 2.24) is 5.32 Å². The third-order valence-electron chi connectivity index (χ3n) is 2.37. The predicted octanol–water partition coefficient (Wildman–Crippen LogP) is 2.85. The van der Waals surface area contributed by atoms with Crippen molar-refractivity contribution >= 4 is 11.7 Å². The molecule has 0 saturated heterocycles. The van der Waals surface area contributed by atoms with E-state index in [9.17, 15) is 4.79 Å². The molecular formula is C14H14FeN2O. The Morgan fingerprint density at radius 2 is 1.83 bits per heavy atom. The van der Waals surface area contributed by atoms with Gasteiger partial charge in [0.05, 0.1) is 0 Å². The van der Waals surface area contributed by atoms with Crippen LogP contribution in [0.2, 0.25) is 0 Å². The van der Waals surface area contributed by atoms with E-state index in [0.29, 0.717) is 6.54 Å². The molecule has 2 aromatic carbocycles. The van der Waals surface area contributed by atoms with Gasteiger partial charge in [-0.2, -0.15) is 30.3 Å². The number of anilines is 1. The van der Waals surface area contributed by atoms with Gasteiger partial charge >= 0.3 is 17.1 Å². The van der Waals surface area contributed by atoms with Crippen molar-refractivity contribution in [2.75, 3.05) is 11.4 Å². The number of rotatable bonds is 1. The Balaban J connectivity index is 0.000000230. The van der Waals surface area contributed by atoms with Crippen molar-refractivity contribution in [2.24, 2.45) is 0 Å².